The van der Waals surface area contributed by atoms with Crippen LogP contribution < -0.4 is 4.74 Å². The Morgan fingerprint density at radius 2 is 1.23 bits per heavy atom. The van der Waals surface area contributed by atoms with E-state index < -0.39 is 0 Å². The van der Waals surface area contributed by atoms with E-state index >= 15 is 0 Å². The summed E-state index contributed by atoms with van der Waals surface area (Å²) in [6.07, 6.45) is 0.912. The smallest absolute Gasteiger partial charge is 0.151 e. The number of para-hydroxylation sites is 2. The second kappa shape index (κ2) is 8.61. The second-order valence-corrected chi connectivity index (χ2v) is 11.1. The highest BCUT2D eigenvalue weighted by molar-refractivity contribution is 6.09. The lowest BCUT2D eigenvalue weighted by Gasteiger charge is -2.31. The zero-order valence-electron chi connectivity index (χ0n) is 21.7. The van der Waals surface area contributed by atoms with Gasteiger partial charge in [-0.3, -0.25) is 0 Å². The zero-order valence-corrected chi connectivity index (χ0v) is 21.7. The predicted octanol–water partition coefficient (Wildman–Crippen LogP) is 9.32. The fourth-order valence-corrected chi connectivity index (χ4v) is 4.68. The highest BCUT2D eigenvalue weighted by Crippen LogP contribution is 2.44. The number of hydrogen-bond donors (Lipinski definition) is 0. The van der Waals surface area contributed by atoms with Crippen molar-refractivity contribution in [1.29, 1.82) is 0 Å². The Morgan fingerprint density at radius 1 is 0.686 bits per heavy atom. The van der Waals surface area contributed by atoms with Gasteiger partial charge >= 0.3 is 0 Å². The van der Waals surface area contributed by atoms with Crippen molar-refractivity contribution < 1.29 is 4.74 Å². The number of hydrogen-bond acceptors (Lipinski definition) is 1. The third-order valence-electron chi connectivity index (χ3n) is 7.07. The standard InChI is InChI=1S/C33H35NO/c1-7-33(5,6)35-31-27(23-15-9-8-10-16-23)21-24(32(2,3)4)22-30(31)34-28-19-13-11-17-25(28)26-18-12-14-20-29(26)34/h8-22H,7H2,1-6H3. The monoisotopic (exact) mass is 461 g/mol. The highest BCUT2D eigenvalue weighted by Gasteiger charge is 2.27. The lowest BCUT2D eigenvalue weighted by Crippen LogP contribution is -2.28. The zero-order chi connectivity index (χ0) is 24.8. The van der Waals surface area contributed by atoms with Crippen molar-refractivity contribution in [1.82, 2.24) is 4.57 Å². The molecule has 0 aliphatic rings. The molecule has 0 aliphatic carbocycles. The van der Waals surface area contributed by atoms with Crippen molar-refractivity contribution in [3.05, 3.63) is 96.6 Å². The van der Waals surface area contributed by atoms with Crippen LogP contribution in [-0.4, -0.2) is 10.2 Å². The number of rotatable bonds is 5. The summed E-state index contributed by atoms with van der Waals surface area (Å²) in [4.78, 5) is 0. The summed E-state index contributed by atoms with van der Waals surface area (Å²) in [5.74, 6) is 0.933. The van der Waals surface area contributed by atoms with Crippen LogP contribution in [0.4, 0.5) is 0 Å². The van der Waals surface area contributed by atoms with Gasteiger partial charge in [0.15, 0.2) is 5.75 Å². The minimum Gasteiger partial charge on any atom is -0.485 e. The minimum atomic E-state index is -0.305. The molecule has 0 aliphatic heterocycles. The van der Waals surface area contributed by atoms with Crippen molar-refractivity contribution in [2.75, 3.05) is 0 Å². The molecular weight excluding hydrogens is 426 g/mol. The predicted molar refractivity (Wildman–Crippen MR) is 150 cm³/mol. The van der Waals surface area contributed by atoms with E-state index in [1.807, 2.05) is 0 Å². The summed E-state index contributed by atoms with van der Waals surface area (Å²) in [5.41, 5.74) is 6.75. The summed E-state index contributed by atoms with van der Waals surface area (Å²) < 4.78 is 9.33. The molecule has 0 saturated carbocycles. The van der Waals surface area contributed by atoms with Crippen LogP contribution in [0.15, 0.2) is 91.0 Å². The molecule has 0 saturated heterocycles. The summed E-state index contributed by atoms with van der Waals surface area (Å²) in [6, 6.07) is 32.7. The molecular formula is C33H35NO. The van der Waals surface area contributed by atoms with Crippen molar-refractivity contribution in [2.45, 2.75) is 59.0 Å². The molecule has 2 heteroatoms. The number of benzene rings is 4. The maximum absolute atomic E-state index is 6.94. The van der Waals surface area contributed by atoms with Crippen LogP contribution in [0.5, 0.6) is 5.75 Å². The highest BCUT2D eigenvalue weighted by atomic mass is 16.5. The van der Waals surface area contributed by atoms with Gasteiger partial charge in [0.05, 0.1) is 16.7 Å². The molecule has 178 valence electrons. The topological polar surface area (TPSA) is 14.2 Å². The molecule has 1 aromatic heterocycles. The van der Waals surface area contributed by atoms with E-state index in [0.29, 0.717) is 0 Å². The SMILES string of the molecule is CCC(C)(C)Oc1c(-c2ccccc2)cc(C(C)(C)C)cc1-n1c2ccccc2c2ccccc21. The Morgan fingerprint density at radius 3 is 1.77 bits per heavy atom. The summed E-state index contributed by atoms with van der Waals surface area (Å²) >= 11 is 0. The van der Waals surface area contributed by atoms with Crippen LogP contribution in [0.2, 0.25) is 0 Å². The molecule has 4 aromatic carbocycles. The summed E-state index contributed by atoms with van der Waals surface area (Å²) in [5, 5.41) is 2.51. The molecule has 0 spiro atoms. The third-order valence-corrected chi connectivity index (χ3v) is 7.07. The first-order chi connectivity index (χ1) is 16.7. The second-order valence-electron chi connectivity index (χ2n) is 11.1. The van der Waals surface area contributed by atoms with Gasteiger partial charge < -0.3 is 9.30 Å². The van der Waals surface area contributed by atoms with Gasteiger partial charge in [-0.05, 0) is 61.1 Å². The fourth-order valence-electron chi connectivity index (χ4n) is 4.68. The lowest BCUT2D eigenvalue weighted by molar-refractivity contribution is 0.106. The molecule has 5 rings (SSSR count). The maximum atomic E-state index is 6.94. The van der Waals surface area contributed by atoms with Crippen LogP contribution in [0.3, 0.4) is 0 Å². The molecule has 0 atom stereocenters. The van der Waals surface area contributed by atoms with E-state index in [1.54, 1.807) is 0 Å². The molecule has 1 heterocycles. The van der Waals surface area contributed by atoms with Gasteiger partial charge in [-0.2, -0.15) is 0 Å². The van der Waals surface area contributed by atoms with E-state index in [9.17, 15) is 0 Å². The van der Waals surface area contributed by atoms with E-state index in [0.717, 1.165) is 23.4 Å². The quantitative estimate of drug-likeness (QED) is 0.254. The average Bonchev–Trinajstić information content (AvgIpc) is 3.18. The molecule has 0 bridgehead atoms. The Bertz CT molecular complexity index is 1450. The normalized spacial score (nSPS) is 12.4. The van der Waals surface area contributed by atoms with Gasteiger partial charge in [0.1, 0.15) is 5.60 Å². The van der Waals surface area contributed by atoms with Gasteiger partial charge in [-0.25, -0.2) is 0 Å². The molecule has 0 radical (unpaired) electrons. The van der Waals surface area contributed by atoms with Gasteiger partial charge in [-0.1, -0.05) is 94.4 Å². The van der Waals surface area contributed by atoms with Gasteiger partial charge in [0.25, 0.3) is 0 Å². The lowest BCUT2D eigenvalue weighted by atomic mass is 9.84. The average molecular weight is 462 g/mol. The Balaban J connectivity index is 1.95. The van der Waals surface area contributed by atoms with Crippen molar-refractivity contribution >= 4 is 21.8 Å². The Labute approximate surface area is 209 Å². The number of nitrogens with zero attached hydrogens (tertiary/aromatic N) is 1. The first kappa shape index (κ1) is 23.2. The summed E-state index contributed by atoms with van der Waals surface area (Å²) in [7, 11) is 0. The molecule has 0 amide bonds. The first-order valence-electron chi connectivity index (χ1n) is 12.6. The molecule has 0 N–H and O–H groups in total. The minimum absolute atomic E-state index is 0.0180. The molecule has 0 unspecified atom stereocenters. The van der Waals surface area contributed by atoms with E-state index in [-0.39, 0.29) is 11.0 Å². The molecule has 0 fully saturated rings. The maximum Gasteiger partial charge on any atom is 0.151 e. The van der Waals surface area contributed by atoms with E-state index in [1.165, 1.54) is 32.9 Å². The number of aromatic nitrogens is 1. The third kappa shape index (κ3) is 4.23. The molecule has 5 aromatic rings. The van der Waals surface area contributed by atoms with Crippen molar-refractivity contribution in [2.24, 2.45) is 0 Å². The number of ether oxygens (including phenoxy) is 1. The van der Waals surface area contributed by atoms with Gasteiger partial charge in [0.2, 0.25) is 0 Å². The Hall–Kier alpha value is -3.52. The van der Waals surface area contributed by atoms with Crippen LogP contribution in [-0.2, 0) is 5.41 Å². The Kier molecular flexibility index (Phi) is 5.71. The first-order valence-corrected chi connectivity index (χ1v) is 12.6. The van der Waals surface area contributed by atoms with Crippen LogP contribution in [0.25, 0.3) is 38.6 Å². The van der Waals surface area contributed by atoms with Crippen molar-refractivity contribution in [3.63, 3.8) is 0 Å². The summed E-state index contributed by atoms with van der Waals surface area (Å²) in [6.45, 7) is 13.4. The fraction of sp³-hybridized carbons (Fsp3) is 0.273. The van der Waals surface area contributed by atoms with Gasteiger partial charge in [0, 0.05) is 16.3 Å². The molecule has 2 nitrogen and oxygen atoms in total. The largest absolute Gasteiger partial charge is 0.485 e. The van der Waals surface area contributed by atoms with Crippen LogP contribution in [0.1, 0.15) is 53.5 Å². The van der Waals surface area contributed by atoms with Crippen molar-refractivity contribution in [3.8, 4) is 22.6 Å². The molecule has 35 heavy (non-hydrogen) atoms. The van der Waals surface area contributed by atoms with E-state index in [2.05, 4.69) is 137 Å². The van der Waals surface area contributed by atoms with Crippen LogP contribution >= 0.6 is 0 Å². The van der Waals surface area contributed by atoms with E-state index in [4.69, 9.17) is 4.74 Å². The van der Waals surface area contributed by atoms with Crippen LogP contribution in [0, 0.1) is 0 Å². The van der Waals surface area contributed by atoms with Gasteiger partial charge in [-0.15, -0.1) is 0 Å². The number of fused-ring (bicyclic) bond motifs is 3.